The number of hydrogen-bond donors (Lipinski definition) is 1. The van der Waals surface area contributed by atoms with Crippen molar-refractivity contribution in [2.24, 2.45) is 5.92 Å². The van der Waals surface area contributed by atoms with E-state index in [4.69, 9.17) is 0 Å². The molecule has 0 unspecified atom stereocenters. The minimum Gasteiger partial charge on any atom is -0.340 e. The molecule has 3 heteroatoms. The first-order valence-electron chi connectivity index (χ1n) is 5.87. The van der Waals surface area contributed by atoms with Crippen molar-refractivity contribution >= 4 is 5.91 Å². The Morgan fingerprint density at radius 3 is 2.36 bits per heavy atom. The van der Waals surface area contributed by atoms with Crippen LogP contribution in [-0.2, 0) is 4.79 Å². The predicted molar refractivity (Wildman–Crippen MR) is 56.0 cm³/mol. The topological polar surface area (TPSA) is 32.3 Å². The number of nitrogens with zero attached hydrogens (tertiary/aromatic N) is 1. The molecule has 2 fully saturated rings. The van der Waals surface area contributed by atoms with Crippen LogP contribution < -0.4 is 5.32 Å². The summed E-state index contributed by atoms with van der Waals surface area (Å²) >= 11 is 0. The number of carbonyl (C=O) groups excluding carboxylic acids is 1. The number of amides is 1. The van der Waals surface area contributed by atoms with Crippen molar-refractivity contribution in [1.82, 2.24) is 10.2 Å². The maximum absolute atomic E-state index is 12.1. The number of nitrogens with one attached hydrogen (secondary N) is 1. The van der Waals surface area contributed by atoms with Crippen molar-refractivity contribution in [2.75, 3.05) is 26.2 Å². The van der Waals surface area contributed by atoms with Gasteiger partial charge in [0, 0.05) is 32.1 Å². The Morgan fingerprint density at radius 2 is 1.71 bits per heavy atom. The Morgan fingerprint density at radius 1 is 1.07 bits per heavy atom. The largest absolute Gasteiger partial charge is 0.340 e. The van der Waals surface area contributed by atoms with E-state index in [0.717, 1.165) is 39.0 Å². The van der Waals surface area contributed by atoms with E-state index < -0.39 is 0 Å². The van der Waals surface area contributed by atoms with Crippen LogP contribution in [0.5, 0.6) is 0 Å². The molecule has 0 atom stereocenters. The van der Waals surface area contributed by atoms with Crippen LogP contribution in [0, 0.1) is 5.92 Å². The molecule has 1 amide bonds. The van der Waals surface area contributed by atoms with Gasteiger partial charge < -0.3 is 10.2 Å². The Bertz CT molecular complexity index is 173. The average Bonchev–Trinajstić information content (AvgIpc) is 2.30. The molecule has 0 aromatic rings. The standard InChI is InChI=1S/C11H20N2O/c14-11(10-4-2-1-3-5-10)13-8-6-12-7-9-13/h10,12H,1-9H2. The monoisotopic (exact) mass is 196 g/mol. The molecule has 2 rings (SSSR count). The van der Waals surface area contributed by atoms with Crippen LogP contribution in [0.2, 0.25) is 0 Å². The molecule has 0 spiro atoms. The van der Waals surface area contributed by atoms with E-state index in [1.807, 2.05) is 4.90 Å². The number of piperazine rings is 1. The zero-order chi connectivity index (χ0) is 9.80. The van der Waals surface area contributed by atoms with E-state index in [0.29, 0.717) is 11.8 Å². The molecular formula is C11H20N2O. The lowest BCUT2D eigenvalue weighted by Gasteiger charge is -2.32. The van der Waals surface area contributed by atoms with Gasteiger partial charge in [0.15, 0.2) is 0 Å². The minimum atomic E-state index is 0.349. The van der Waals surface area contributed by atoms with Gasteiger partial charge in [0.1, 0.15) is 0 Å². The zero-order valence-corrected chi connectivity index (χ0v) is 8.80. The molecule has 3 nitrogen and oxygen atoms in total. The van der Waals surface area contributed by atoms with E-state index in [9.17, 15) is 4.79 Å². The summed E-state index contributed by atoms with van der Waals surface area (Å²) < 4.78 is 0. The highest BCUT2D eigenvalue weighted by molar-refractivity contribution is 5.79. The first kappa shape index (κ1) is 9.97. The van der Waals surface area contributed by atoms with Gasteiger partial charge in [-0.15, -0.1) is 0 Å². The van der Waals surface area contributed by atoms with Crippen molar-refractivity contribution in [2.45, 2.75) is 32.1 Å². The molecular weight excluding hydrogens is 176 g/mol. The van der Waals surface area contributed by atoms with Crippen LogP contribution in [0.3, 0.4) is 0 Å². The lowest BCUT2D eigenvalue weighted by Crippen LogP contribution is -2.48. The highest BCUT2D eigenvalue weighted by Crippen LogP contribution is 2.25. The van der Waals surface area contributed by atoms with E-state index in [-0.39, 0.29) is 0 Å². The first-order chi connectivity index (χ1) is 6.88. The first-order valence-corrected chi connectivity index (χ1v) is 5.87. The summed E-state index contributed by atoms with van der Waals surface area (Å²) in [7, 11) is 0. The summed E-state index contributed by atoms with van der Waals surface area (Å²) in [6.07, 6.45) is 6.09. The van der Waals surface area contributed by atoms with E-state index >= 15 is 0 Å². The van der Waals surface area contributed by atoms with Gasteiger partial charge in [0.2, 0.25) is 5.91 Å². The summed E-state index contributed by atoms with van der Waals surface area (Å²) in [5, 5.41) is 3.28. The van der Waals surface area contributed by atoms with Crippen LogP contribution in [0.4, 0.5) is 0 Å². The normalized spacial score (nSPS) is 25.0. The molecule has 1 N–H and O–H groups in total. The second-order valence-electron chi connectivity index (χ2n) is 4.41. The summed E-state index contributed by atoms with van der Waals surface area (Å²) in [6.45, 7) is 3.77. The van der Waals surface area contributed by atoms with Crippen LogP contribution in [0.25, 0.3) is 0 Å². The summed E-state index contributed by atoms with van der Waals surface area (Å²) in [6, 6.07) is 0. The van der Waals surface area contributed by atoms with Crippen LogP contribution in [0.15, 0.2) is 0 Å². The fourth-order valence-electron chi connectivity index (χ4n) is 2.49. The van der Waals surface area contributed by atoms with Crippen molar-refractivity contribution < 1.29 is 4.79 Å². The van der Waals surface area contributed by atoms with Gasteiger partial charge in [-0.05, 0) is 12.8 Å². The molecule has 1 heterocycles. The Hall–Kier alpha value is -0.570. The third kappa shape index (κ3) is 2.27. The van der Waals surface area contributed by atoms with Crippen molar-refractivity contribution in [3.8, 4) is 0 Å². The molecule has 1 aliphatic heterocycles. The lowest BCUT2D eigenvalue weighted by atomic mass is 9.88. The Kier molecular flexibility index (Phi) is 3.40. The maximum atomic E-state index is 12.1. The molecule has 1 saturated carbocycles. The van der Waals surface area contributed by atoms with E-state index in [1.54, 1.807) is 0 Å². The van der Waals surface area contributed by atoms with Crippen molar-refractivity contribution in [1.29, 1.82) is 0 Å². The molecule has 80 valence electrons. The highest BCUT2D eigenvalue weighted by Gasteiger charge is 2.26. The number of rotatable bonds is 1. The third-order valence-electron chi connectivity index (χ3n) is 3.38. The summed E-state index contributed by atoms with van der Waals surface area (Å²) in [4.78, 5) is 14.1. The average molecular weight is 196 g/mol. The molecule has 0 radical (unpaired) electrons. The fraction of sp³-hybridized carbons (Fsp3) is 0.909. The molecule has 2 aliphatic rings. The second-order valence-corrected chi connectivity index (χ2v) is 4.41. The van der Waals surface area contributed by atoms with Gasteiger partial charge in [-0.1, -0.05) is 19.3 Å². The maximum Gasteiger partial charge on any atom is 0.225 e. The highest BCUT2D eigenvalue weighted by atomic mass is 16.2. The number of carbonyl (C=O) groups is 1. The molecule has 0 bridgehead atoms. The molecule has 14 heavy (non-hydrogen) atoms. The van der Waals surface area contributed by atoms with Gasteiger partial charge in [-0.2, -0.15) is 0 Å². The smallest absolute Gasteiger partial charge is 0.225 e. The minimum absolute atomic E-state index is 0.349. The van der Waals surface area contributed by atoms with Gasteiger partial charge in [0.25, 0.3) is 0 Å². The number of hydrogen-bond acceptors (Lipinski definition) is 2. The summed E-state index contributed by atoms with van der Waals surface area (Å²) in [5.74, 6) is 0.771. The zero-order valence-electron chi connectivity index (χ0n) is 8.80. The van der Waals surface area contributed by atoms with Gasteiger partial charge in [-0.25, -0.2) is 0 Å². The third-order valence-corrected chi connectivity index (χ3v) is 3.38. The second kappa shape index (κ2) is 4.78. The molecule has 1 saturated heterocycles. The Labute approximate surface area is 85.8 Å². The van der Waals surface area contributed by atoms with Gasteiger partial charge in [-0.3, -0.25) is 4.79 Å². The van der Waals surface area contributed by atoms with Crippen LogP contribution in [-0.4, -0.2) is 37.0 Å². The fourth-order valence-corrected chi connectivity index (χ4v) is 2.49. The molecule has 0 aromatic carbocycles. The SMILES string of the molecule is O=C(C1CCCCC1)N1CCNCC1. The predicted octanol–water partition coefficient (Wildman–Crippen LogP) is 0.998. The van der Waals surface area contributed by atoms with Crippen LogP contribution >= 0.6 is 0 Å². The van der Waals surface area contributed by atoms with Crippen molar-refractivity contribution in [3.05, 3.63) is 0 Å². The quantitative estimate of drug-likeness (QED) is 0.678. The van der Waals surface area contributed by atoms with Gasteiger partial charge in [0.05, 0.1) is 0 Å². The van der Waals surface area contributed by atoms with E-state index in [2.05, 4.69) is 5.32 Å². The summed E-state index contributed by atoms with van der Waals surface area (Å²) in [5.41, 5.74) is 0. The molecule has 0 aromatic heterocycles. The lowest BCUT2D eigenvalue weighted by molar-refractivity contribution is -0.137. The van der Waals surface area contributed by atoms with Gasteiger partial charge >= 0.3 is 0 Å². The van der Waals surface area contributed by atoms with Crippen LogP contribution in [0.1, 0.15) is 32.1 Å². The van der Waals surface area contributed by atoms with E-state index in [1.165, 1.54) is 19.3 Å². The van der Waals surface area contributed by atoms with Crippen molar-refractivity contribution in [3.63, 3.8) is 0 Å². The molecule has 1 aliphatic carbocycles. The Balaban J connectivity index is 1.85.